The summed E-state index contributed by atoms with van der Waals surface area (Å²) in [6.07, 6.45) is 1.79. The lowest BCUT2D eigenvalue weighted by atomic mass is 10.2. The Hall–Kier alpha value is -0.810. The van der Waals surface area contributed by atoms with E-state index in [1.807, 2.05) is 20.8 Å². The number of hydrogen-bond acceptors (Lipinski definition) is 4. The topological polar surface area (TPSA) is 62.4 Å². The number of alkyl carbamates (subject to hydrolysis) is 1. The molecule has 0 spiro atoms. The third-order valence-corrected chi connectivity index (χ3v) is 2.52. The van der Waals surface area contributed by atoms with E-state index in [1.54, 1.807) is 0 Å². The van der Waals surface area contributed by atoms with Gasteiger partial charge in [0, 0.05) is 19.1 Å². The molecule has 1 unspecified atom stereocenters. The maximum absolute atomic E-state index is 11.3. The van der Waals surface area contributed by atoms with Crippen LogP contribution in [0, 0.1) is 0 Å². The molecule has 100 valence electrons. The van der Waals surface area contributed by atoms with Crippen LogP contribution in [-0.4, -0.2) is 43.9 Å². The third kappa shape index (κ3) is 7.18. The van der Waals surface area contributed by atoms with Crippen LogP contribution in [-0.2, 0) is 4.74 Å². The predicted octanol–water partition coefficient (Wildman–Crippen LogP) is 0.853. The van der Waals surface area contributed by atoms with E-state index >= 15 is 0 Å². The van der Waals surface area contributed by atoms with Crippen LogP contribution in [0.3, 0.4) is 0 Å². The summed E-state index contributed by atoms with van der Waals surface area (Å²) in [6.45, 7) is 9.33. The third-order valence-electron chi connectivity index (χ3n) is 2.52. The molecule has 1 rings (SSSR count). The number of ether oxygens (including phenoxy) is 1. The van der Waals surface area contributed by atoms with Crippen molar-refractivity contribution in [1.82, 2.24) is 16.0 Å². The Morgan fingerprint density at radius 3 is 2.76 bits per heavy atom. The first-order valence-corrected chi connectivity index (χ1v) is 6.38. The minimum absolute atomic E-state index is 0.333. The van der Waals surface area contributed by atoms with E-state index in [0.717, 1.165) is 26.1 Å². The highest BCUT2D eigenvalue weighted by Crippen LogP contribution is 2.06. The molecule has 1 heterocycles. The van der Waals surface area contributed by atoms with Gasteiger partial charge in [-0.1, -0.05) is 0 Å². The molecule has 1 saturated heterocycles. The van der Waals surface area contributed by atoms with E-state index in [0.29, 0.717) is 12.6 Å². The minimum atomic E-state index is -0.419. The van der Waals surface area contributed by atoms with Gasteiger partial charge in [-0.05, 0) is 46.7 Å². The molecule has 0 aromatic heterocycles. The average Bonchev–Trinajstić information content (AvgIpc) is 2.67. The van der Waals surface area contributed by atoms with Gasteiger partial charge in [0.2, 0.25) is 0 Å². The fourth-order valence-corrected chi connectivity index (χ4v) is 1.73. The van der Waals surface area contributed by atoms with Crippen molar-refractivity contribution in [2.45, 2.75) is 45.3 Å². The van der Waals surface area contributed by atoms with Gasteiger partial charge in [0.1, 0.15) is 5.60 Å². The van der Waals surface area contributed by atoms with E-state index in [-0.39, 0.29) is 6.09 Å². The van der Waals surface area contributed by atoms with E-state index in [9.17, 15) is 4.79 Å². The molecule has 1 atom stereocenters. The van der Waals surface area contributed by atoms with Crippen molar-refractivity contribution in [3.05, 3.63) is 0 Å². The molecule has 1 aliphatic heterocycles. The van der Waals surface area contributed by atoms with Crippen LogP contribution < -0.4 is 16.0 Å². The number of carbonyl (C=O) groups is 1. The number of rotatable bonds is 5. The van der Waals surface area contributed by atoms with E-state index in [1.165, 1.54) is 6.42 Å². The first-order chi connectivity index (χ1) is 7.97. The van der Waals surface area contributed by atoms with Crippen molar-refractivity contribution < 1.29 is 9.53 Å². The lowest BCUT2D eigenvalue weighted by molar-refractivity contribution is 0.0527. The second kappa shape index (κ2) is 6.81. The lowest BCUT2D eigenvalue weighted by Gasteiger charge is -2.19. The molecule has 1 aliphatic rings. The minimum Gasteiger partial charge on any atom is -0.444 e. The summed E-state index contributed by atoms with van der Waals surface area (Å²) in [4.78, 5) is 11.3. The van der Waals surface area contributed by atoms with Crippen LogP contribution in [0.2, 0.25) is 0 Å². The summed E-state index contributed by atoms with van der Waals surface area (Å²) in [6, 6.07) is 0.594. The first kappa shape index (κ1) is 14.3. The number of hydrogen-bond donors (Lipinski definition) is 3. The zero-order valence-corrected chi connectivity index (χ0v) is 11.1. The Kier molecular flexibility index (Phi) is 5.71. The first-order valence-electron chi connectivity index (χ1n) is 6.38. The summed E-state index contributed by atoms with van der Waals surface area (Å²) >= 11 is 0. The maximum Gasteiger partial charge on any atom is 0.407 e. The molecule has 17 heavy (non-hydrogen) atoms. The summed E-state index contributed by atoms with van der Waals surface area (Å²) in [7, 11) is 0. The SMILES string of the molecule is CC(C)(C)OC(=O)NCCCNC1CCNC1. The molecular weight excluding hydrogens is 218 g/mol. The van der Waals surface area contributed by atoms with Crippen molar-refractivity contribution >= 4 is 6.09 Å². The van der Waals surface area contributed by atoms with Crippen LogP contribution in [0.1, 0.15) is 33.6 Å². The van der Waals surface area contributed by atoms with Gasteiger partial charge in [-0.2, -0.15) is 0 Å². The molecule has 0 saturated carbocycles. The van der Waals surface area contributed by atoms with Crippen molar-refractivity contribution in [2.24, 2.45) is 0 Å². The maximum atomic E-state index is 11.3. The molecule has 1 amide bonds. The van der Waals surface area contributed by atoms with Crippen LogP contribution in [0.5, 0.6) is 0 Å². The van der Waals surface area contributed by atoms with Gasteiger partial charge < -0.3 is 20.7 Å². The van der Waals surface area contributed by atoms with Crippen molar-refractivity contribution in [1.29, 1.82) is 0 Å². The zero-order valence-electron chi connectivity index (χ0n) is 11.1. The van der Waals surface area contributed by atoms with Crippen LogP contribution in [0.15, 0.2) is 0 Å². The van der Waals surface area contributed by atoms with Crippen molar-refractivity contribution in [3.63, 3.8) is 0 Å². The fraction of sp³-hybridized carbons (Fsp3) is 0.917. The zero-order chi connectivity index (χ0) is 12.7. The van der Waals surface area contributed by atoms with E-state index in [2.05, 4.69) is 16.0 Å². The largest absolute Gasteiger partial charge is 0.444 e. The molecule has 0 aromatic carbocycles. The quantitative estimate of drug-likeness (QED) is 0.627. The molecule has 0 bridgehead atoms. The average molecular weight is 243 g/mol. The smallest absolute Gasteiger partial charge is 0.407 e. The van der Waals surface area contributed by atoms with Gasteiger partial charge >= 0.3 is 6.09 Å². The van der Waals surface area contributed by atoms with Crippen LogP contribution in [0.4, 0.5) is 4.79 Å². The number of amides is 1. The summed E-state index contributed by atoms with van der Waals surface area (Å²) in [5.74, 6) is 0. The highest BCUT2D eigenvalue weighted by Gasteiger charge is 2.15. The molecule has 0 aromatic rings. The van der Waals surface area contributed by atoms with Crippen LogP contribution in [0.25, 0.3) is 0 Å². The Labute approximate surface area is 104 Å². The lowest BCUT2D eigenvalue weighted by Crippen LogP contribution is -2.36. The van der Waals surface area contributed by atoms with Crippen molar-refractivity contribution in [2.75, 3.05) is 26.2 Å². The molecule has 5 heteroatoms. The van der Waals surface area contributed by atoms with Gasteiger partial charge in [-0.3, -0.25) is 0 Å². The Bertz CT molecular complexity index is 232. The molecular formula is C12H25N3O2. The molecule has 0 radical (unpaired) electrons. The molecule has 5 nitrogen and oxygen atoms in total. The highest BCUT2D eigenvalue weighted by atomic mass is 16.6. The molecule has 3 N–H and O–H groups in total. The van der Waals surface area contributed by atoms with Gasteiger partial charge in [0.05, 0.1) is 0 Å². The molecule has 0 aliphatic carbocycles. The highest BCUT2D eigenvalue weighted by molar-refractivity contribution is 5.67. The van der Waals surface area contributed by atoms with E-state index in [4.69, 9.17) is 4.74 Å². The van der Waals surface area contributed by atoms with E-state index < -0.39 is 5.60 Å². The summed E-state index contributed by atoms with van der Waals surface area (Å²) in [5, 5.41) is 9.50. The Morgan fingerprint density at radius 2 is 2.18 bits per heavy atom. The monoisotopic (exact) mass is 243 g/mol. The van der Waals surface area contributed by atoms with Gasteiger partial charge in [-0.25, -0.2) is 4.79 Å². The predicted molar refractivity (Wildman–Crippen MR) is 68.1 cm³/mol. The standard InChI is InChI=1S/C12H25N3O2/c1-12(2,3)17-11(16)15-7-4-6-14-10-5-8-13-9-10/h10,13-14H,4-9H2,1-3H3,(H,15,16). The van der Waals surface area contributed by atoms with Crippen molar-refractivity contribution in [3.8, 4) is 0 Å². The summed E-state index contributed by atoms with van der Waals surface area (Å²) in [5.41, 5.74) is -0.419. The fourth-order valence-electron chi connectivity index (χ4n) is 1.73. The van der Waals surface area contributed by atoms with Gasteiger partial charge in [0.15, 0.2) is 0 Å². The number of carbonyl (C=O) groups excluding carboxylic acids is 1. The number of nitrogens with one attached hydrogen (secondary N) is 3. The molecule has 1 fully saturated rings. The second-order valence-electron chi connectivity index (χ2n) is 5.43. The van der Waals surface area contributed by atoms with Gasteiger partial charge in [0.25, 0.3) is 0 Å². The Morgan fingerprint density at radius 1 is 1.41 bits per heavy atom. The second-order valence-corrected chi connectivity index (χ2v) is 5.43. The van der Waals surface area contributed by atoms with Crippen LogP contribution >= 0.6 is 0 Å². The summed E-state index contributed by atoms with van der Waals surface area (Å²) < 4.78 is 5.14. The Balaban J connectivity index is 1.94. The van der Waals surface area contributed by atoms with Gasteiger partial charge in [-0.15, -0.1) is 0 Å². The normalized spacial score (nSPS) is 20.3.